The smallest absolute Gasteiger partial charge is 0.242 e. The molecule has 0 heterocycles. The molecular formula is C8H7Cl2FN2O2S2. The number of sulfonamides is 1. The number of nitrogens with one attached hydrogen (secondary N) is 1. The molecule has 0 aliphatic heterocycles. The maximum Gasteiger partial charge on any atom is 0.242 e. The van der Waals surface area contributed by atoms with Crippen LogP contribution in [0.2, 0.25) is 10.0 Å². The van der Waals surface area contributed by atoms with Gasteiger partial charge in [0.2, 0.25) is 10.0 Å². The Morgan fingerprint density at radius 3 is 2.59 bits per heavy atom. The molecule has 4 nitrogen and oxygen atoms in total. The van der Waals surface area contributed by atoms with Crippen LogP contribution in [0.1, 0.15) is 0 Å². The van der Waals surface area contributed by atoms with Crippen LogP contribution in [0.4, 0.5) is 4.39 Å². The van der Waals surface area contributed by atoms with E-state index in [1.807, 2.05) is 0 Å². The highest BCUT2D eigenvalue weighted by Crippen LogP contribution is 2.29. The summed E-state index contributed by atoms with van der Waals surface area (Å²) in [6.07, 6.45) is 0. The fraction of sp³-hybridized carbons (Fsp3) is 0.125. The van der Waals surface area contributed by atoms with Crippen LogP contribution in [0.15, 0.2) is 17.0 Å². The molecule has 0 atom stereocenters. The average molecular weight is 317 g/mol. The molecule has 1 aromatic rings. The maximum absolute atomic E-state index is 13.3. The summed E-state index contributed by atoms with van der Waals surface area (Å²) >= 11 is 15.5. The Bertz CT molecular complexity index is 563. The first-order chi connectivity index (χ1) is 7.75. The molecule has 0 saturated heterocycles. The zero-order valence-electron chi connectivity index (χ0n) is 8.21. The summed E-state index contributed by atoms with van der Waals surface area (Å²) in [7, 11) is -3.97. The van der Waals surface area contributed by atoms with E-state index in [1.165, 1.54) is 0 Å². The molecule has 94 valence electrons. The van der Waals surface area contributed by atoms with Gasteiger partial charge in [-0.2, -0.15) is 0 Å². The molecule has 9 heteroatoms. The minimum atomic E-state index is -3.97. The fourth-order valence-corrected chi connectivity index (χ4v) is 2.87. The van der Waals surface area contributed by atoms with Gasteiger partial charge in [0.1, 0.15) is 4.90 Å². The van der Waals surface area contributed by atoms with Gasteiger partial charge >= 0.3 is 0 Å². The fourth-order valence-electron chi connectivity index (χ4n) is 0.960. The van der Waals surface area contributed by atoms with E-state index in [0.29, 0.717) is 0 Å². The molecule has 0 aliphatic carbocycles. The van der Waals surface area contributed by atoms with Crippen molar-refractivity contribution in [3.63, 3.8) is 0 Å². The first-order valence-corrected chi connectivity index (χ1v) is 6.82. The molecule has 0 amide bonds. The van der Waals surface area contributed by atoms with Crippen LogP contribution in [0.3, 0.4) is 0 Å². The molecule has 0 fully saturated rings. The molecule has 0 saturated carbocycles. The minimum Gasteiger partial charge on any atom is -0.392 e. The SMILES string of the molecule is NC(=S)CNS(=O)(=O)c1ccc(Cl)c(F)c1Cl. The van der Waals surface area contributed by atoms with Crippen LogP contribution in [0.5, 0.6) is 0 Å². The lowest BCUT2D eigenvalue weighted by Gasteiger charge is -2.08. The lowest BCUT2D eigenvalue weighted by Crippen LogP contribution is -2.32. The van der Waals surface area contributed by atoms with Crippen LogP contribution >= 0.6 is 35.4 Å². The van der Waals surface area contributed by atoms with Crippen LogP contribution in [0, 0.1) is 5.82 Å². The number of thiocarbonyl (C=S) groups is 1. The van der Waals surface area contributed by atoms with E-state index < -0.39 is 25.8 Å². The topological polar surface area (TPSA) is 72.2 Å². The largest absolute Gasteiger partial charge is 0.392 e. The molecule has 0 aliphatic rings. The van der Waals surface area contributed by atoms with Crippen LogP contribution in [-0.4, -0.2) is 20.0 Å². The Morgan fingerprint density at radius 1 is 1.47 bits per heavy atom. The Morgan fingerprint density at radius 2 is 2.06 bits per heavy atom. The summed E-state index contributed by atoms with van der Waals surface area (Å²) in [6.45, 7) is -0.238. The Balaban J connectivity index is 3.16. The second kappa shape index (κ2) is 5.45. The summed E-state index contributed by atoms with van der Waals surface area (Å²) < 4.78 is 38.8. The second-order valence-corrected chi connectivity index (χ2v) is 6.01. The highest BCUT2D eigenvalue weighted by atomic mass is 35.5. The number of hydrogen-bond donors (Lipinski definition) is 2. The molecule has 0 spiro atoms. The van der Waals surface area contributed by atoms with E-state index in [2.05, 4.69) is 16.9 Å². The van der Waals surface area contributed by atoms with Crippen LogP contribution in [0.25, 0.3) is 0 Å². The van der Waals surface area contributed by atoms with Crippen LogP contribution < -0.4 is 10.5 Å². The number of nitrogens with two attached hydrogens (primary N) is 1. The lowest BCUT2D eigenvalue weighted by molar-refractivity contribution is 0.582. The number of benzene rings is 1. The third-order valence-corrected chi connectivity index (χ3v) is 4.09. The molecule has 0 bridgehead atoms. The third-order valence-electron chi connectivity index (χ3n) is 1.73. The number of halogens is 3. The molecule has 0 radical (unpaired) electrons. The van der Waals surface area contributed by atoms with E-state index in [1.54, 1.807) is 0 Å². The van der Waals surface area contributed by atoms with Crippen molar-refractivity contribution in [2.24, 2.45) is 5.73 Å². The van der Waals surface area contributed by atoms with Gasteiger partial charge in [-0.3, -0.25) is 0 Å². The zero-order chi connectivity index (χ0) is 13.2. The monoisotopic (exact) mass is 316 g/mol. The molecule has 3 N–H and O–H groups in total. The first kappa shape index (κ1) is 14.6. The summed E-state index contributed by atoms with van der Waals surface area (Å²) in [5.74, 6) is -0.994. The zero-order valence-corrected chi connectivity index (χ0v) is 11.4. The minimum absolute atomic E-state index is 0.0425. The van der Waals surface area contributed by atoms with Gasteiger partial charge in [0.15, 0.2) is 5.82 Å². The van der Waals surface area contributed by atoms with Crippen molar-refractivity contribution < 1.29 is 12.8 Å². The second-order valence-electron chi connectivity index (χ2n) is 2.96. The number of rotatable bonds is 4. The summed E-state index contributed by atoms with van der Waals surface area (Å²) in [5, 5.41) is -0.837. The van der Waals surface area contributed by atoms with Crippen LogP contribution in [-0.2, 0) is 10.0 Å². The van der Waals surface area contributed by atoms with Gasteiger partial charge in [0, 0.05) is 0 Å². The van der Waals surface area contributed by atoms with E-state index in [-0.39, 0.29) is 16.6 Å². The predicted molar refractivity (Wildman–Crippen MR) is 68.4 cm³/mol. The number of hydrogen-bond acceptors (Lipinski definition) is 3. The lowest BCUT2D eigenvalue weighted by atomic mass is 10.3. The van der Waals surface area contributed by atoms with Crippen molar-refractivity contribution >= 4 is 50.4 Å². The van der Waals surface area contributed by atoms with Crippen molar-refractivity contribution in [3.8, 4) is 0 Å². The molecule has 17 heavy (non-hydrogen) atoms. The van der Waals surface area contributed by atoms with Crippen molar-refractivity contribution in [2.75, 3.05) is 6.54 Å². The van der Waals surface area contributed by atoms with E-state index in [9.17, 15) is 12.8 Å². The highest BCUT2D eigenvalue weighted by molar-refractivity contribution is 7.89. The van der Waals surface area contributed by atoms with Crippen molar-refractivity contribution in [3.05, 3.63) is 28.0 Å². The average Bonchev–Trinajstić information content (AvgIpc) is 2.23. The van der Waals surface area contributed by atoms with Crippen molar-refractivity contribution in [1.82, 2.24) is 4.72 Å². The third kappa shape index (κ3) is 3.49. The van der Waals surface area contributed by atoms with Gasteiger partial charge in [-0.1, -0.05) is 35.4 Å². The molecular weight excluding hydrogens is 310 g/mol. The van der Waals surface area contributed by atoms with E-state index in [4.69, 9.17) is 28.9 Å². The standard InChI is InChI=1S/C8H7Cl2FN2O2S2/c9-4-1-2-5(7(10)8(4)11)17(14,15)13-3-6(12)16/h1-2,13H,3H2,(H2,12,16). The molecule has 0 unspecified atom stereocenters. The van der Waals surface area contributed by atoms with Gasteiger partial charge in [-0.05, 0) is 12.1 Å². The van der Waals surface area contributed by atoms with Gasteiger partial charge in [-0.25, -0.2) is 17.5 Å². The summed E-state index contributed by atoms with van der Waals surface area (Å²) in [4.78, 5) is -0.462. The van der Waals surface area contributed by atoms with Gasteiger partial charge < -0.3 is 5.73 Å². The predicted octanol–water partition coefficient (Wildman–Crippen LogP) is 1.70. The normalized spacial score (nSPS) is 11.5. The van der Waals surface area contributed by atoms with Crippen molar-refractivity contribution in [1.29, 1.82) is 0 Å². The van der Waals surface area contributed by atoms with Gasteiger partial charge in [0.05, 0.1) is 21.6 Å². The first-order valence-electron chi connectivity index (χ1n) is 4.17. The highest BCUT2D eigenvalue weighted by Gasteiger charge is 2.21. The van der Waals surface area contributed by atoms with Gasteiger partial charge in [0.25, 0.3) is 0 Å². The summed E-state index contributed by atoms with van der Waals surface area (Å²) in [5.41, 5.74) is 5.15. The van der Waals surface area contributed by atoms with Gasteiger partial charge in [-0.15, -0.1) is 0 Å². The molecule has 0 aromatic heterocycles. The quantitative estimate of drug-likeness (QED) is 0.655. The Kier molecular flexibility index (Phi) is 4.68. The van der Waals surface area contributed by atoms with E-state index in [0.717, 1.165) is 12.1 Å². The summed E-state index contributed by atoms with van der Waals surface area (Å²) in [6, 6.07) is 2.19. The molecule has 1 aromatic carbocycles. The van der Waals surface area contributed by atoms with E-state index >= 15 is 0 Å². The Labute approximate surface area is 113 Å². The Hall–Kier alpha value is -0.470. The maximum atomic E-state index is 13.3. The van der Waals surface area contributed by atoms with Crippen molar-refractivity contribution in [2.45, 2.75) is 4.90 Å². The molecule has 1 rings (SSSR count).